The van der Waals surface area contributed by atoms with Gasteiger partial charge in [0.05, 0.1) is 24.9 Å². The summed E-state index contributed by atoms with van der Waals surface area (Å²) in [6, 6.07) is 25.5. The summed E-state index contributed by atoms with van der Waals surface area (Å²) < 4.78 is 115. The fraction of sp³-hybridized carbons (Fsp3) is 0.286. The van der Waals surface area contributed by atoms with Gasteiger partial charge in [0.15, 0.2) is 0 Å². The van der Waals surface area contributed by atoms with Gasteiger partial charge in [-0.25, -0.2) is 8.78 Å². The Labute approximate surface area is 360 Å². The summed E-state index contributed by atoms with van der Waals surface area (Å²) in [7, 11) is 0. The van der Waals surface area contributed by atoms with Crippen molar-refractivity contribution < 1.29 is 53.5 Å². The number of benzene rings is 4. The van der Waals surface area contributed by atoms with E-state index in [1.807, 2.05) is 19.1 Å². The lowest BCUT2D eigenvalue weighted by molar-refractivity contribution is -0.157. The average Bonchev–Trinajstić information content (AvgIpc) is 3.92. The van der Waals surface area contributed by atoms with Crippen LogP contribution in [-0.4, -0.2) is 69.8 Å². The molecule has 0 bridgehead atoms. The maximum atomic E-state index is 14.9. The SMILES string of the molecule is CCN1CC(C(=O)N(Cc2ccc(-c3nnc(C(F)(F)F)o3)cc2F)c2ccccc2)C1.Cl.O=C(C1CNC1)N(Cc1ccc(-c2nnc(C(F)(F)F)o2)cc1F)c1ccccc1. The number of halogens is 9. The molecule has 4 aromatic carbocycles. The predicted octanol–water partition coefficient (Wildman–Crippen LogP) is 8.45. The number of nitrogens with zero attached hydrogens (tertiary/aromatic N) is 7. The van der Waals surface area contributed by atoms with E-state index in [2.05, 4.69) is 39.4 Å². The zero-order chi connectivity index (χ0) is 44.2. The lowest BCUT2D eigenvalue weighted by atomic mass is 9.97. The zero-order valence-electron chi connectivity index (χ0n) is 33.0. The largest absolute Gasteiger partial charge is 0.470 e. The Bertz CT molecular complexity index is 2500. The van der Waals surface area contributed by atoms with Crippen LogP contribution in [0.15, 0.2) is 106 Å². The molecule has 6 aromatic rings. The molecular formula is C42H37ClF8N8O4. The molecule has 2 aromatic heterocycles. The van der Waals surface area contributed by atoms with Crippen molar-refractivity contribution in [3.63, 3.8) is 0 Å². The number of rotatable bonds is 11. The van der Waals surface area contributed by atoms with Crippen LogP contribution in [0.1, 0.15) is 29.8 Å². The van der Waals surface area contributed by atoms with Crippen LogP contribution >= 0.6 is 12.4 Å². The lowest BCUT2D eigenvalue weighted by Gasteiger charge is -2.40. The van der Waals surface area contributed by atoms with Gasteiger partial charge < -0.3 is 28.9 Å². The van der Waals surface area contributed by atoms with Crippen molar-refractivity contribution in [1.29, 1.82) is 0 Å². The van der Waals surface area contributed by atoms with Crippen molar-refractivity contribution in [1.82, 2.24) is 30.6 Å². The van der Waals surface area contributed by atoms with Crippen LogP contribution in [0.5, 0.6) is 0 Å². The van der Waals surface area contributed by atoms with Crippen molar-refractivity contribution in [3.8, 4) is 22.9 Å². The van der Waals surface area contributed by atoms with Gasteiger partial charge in [-0.05, 0) is 55.1 Å². The highest BCUT2D eigenvalue weighted by molar-refractivity contribution is 5.96. The third-order valence-corrected chi connectivity index (χ3v) is 10.1. The average molecular weight is 905 g/mol. The van der Waals surface area contributed by atoms with Gasteiger partial charge in [0, 0.05) is 59.8 Å². The number of para-hydroxylation sites is 2. The Kier molecular flexibility index (Phi) is 14.3. The normalized spacial score (nSPS) is 14.4. The standard InChI is InChI=1S/C22H20F4N4O2.C20H16F4N4O2.ClH/c1-2-29-11-16(12-29)20(31)30(17-6-4-3-5-7-17)13-15-9-8-14(10-18(15)23)19-27-28-21(32-19)22(24,25)26;21-16-8-12(17-26-27-19(30-17)20(22,23)24)6-7-13(16)11-28(15-4-2-1-3-5-15)18(29)14-9-25-10-14;/h3-10,16H,2,11-13H2,1H3;1-8,14,25H,9-11H2;1H. The molecule has 21 heteroatoms. The summed E-state index contributed by atoms with van der Waals surface area (Å²) in [5, 5.41) is 15.6. The molecule has 0 spiro atoms. The number of hydrogen-bond donors (Lipinski definition) is 1. The van der Waals surface area contributed by atoms with Crippen LogP contribution in [-0.2, 0) is 35.0 Å². The van der Waals surface area contributed by atoms with Crippen LogP contribution in [0.4, 0.5) is 46.5 Å². The van der Waals surface area contributed by atoms with Crippen LogP contribution in [0.25, 0.3) is 22.9 Å². The summed E-state index contributed by atoms with van der Waals surface area (Å²) in [5.41, 5.74) is 1.73. The minimum absolute atomic E-state index is 0. The number of amides is 2. The van der Waals surface area contributed by atoms with E-state index in [9.17, 15) is 44.7 Å². The third kappa shape index (κ3) is 10.9. The molecule has 2 fully saturated rings. The maximum Gasteiger partial charge on any atom is 0.470 e. The molecule has 12 nitrogen and oxygen atoms in total. The highest BCUT2D eigenvalue weighted by Gasteiger charge is 2.40. The van der Waals surface area contributed by atoms with Crippen LogP contribution < -0.4 is 15.1 Å². The summed E-state index contributed by atoms with van der Waals surface area (Å²) >= 11 is 0. The molecule has 63 heavy (non-hydrogen) atoms. The molecule has 4 heterocycles. The number of carbonyl (C=O) groups excluding carboxylic acids is 2. The molecule has 2 saturated heterocycles. The first-order chi connectivity index (χ1) is 29.6. The van der Waals surface area contributed by atoms with Crippen LogP contribution in [0.2, 0.25) is 0 Å². The molecule has 2 aliphatic rings. The Morgan fingerprint density at radius 3 is 1.40 bits per heavy atom. The molecule has 8 rings (SSSR count). The molecule has 0 aliphatic carbocycles. The summed E-state index contributed by atoms with van der Waals surface area (Å²) in [6.07, 6.45) is -9.56. The fourth-order valence-electron chi connectivity index (χ4n) is 6.56. The van der Waals surface area contributed by atoms with E-state index in [-0.39, 0.29) is 71.4 Å². The van der Waals surface area contributed by atoms with Gasteiger partial charge in [0.1, 0.15) is 11.6 Å². The van der Waals surface area contributed by atoms with E-state index in [1.54, 1.807) is 48.5 Å². The van der Waals surface area contributed by atoms with Crippen molar-refractivity contribution >= 4 is 35.6 Å². The van der Waals surface area contributed by atoms with E-state index in [0.29, 0.717) is 37.6 Å². The topological polar surface area (TPSA) is 134 Å². The van der Waals surface area contributed by atoms with Crippen molar-refractivity contribution in [2.75, 3.05) is 42.5 Å². The van der Waals surface area contributed by atoms with E-state index >= 15 is 0 Å². The van der Waals surface area contributed by atoms with E-state index < -0.39 is 47.5 Å². The Balaban J connectivity index is 0.000000207. The first kappa shape index (κ1) is 46.3. The summed E-state index contributed by atoms with van der Waals surface area (Å²) in [5.74, 6) is -5.85. The number of nitrogens with one attached hydrogen (secondary N) is 1. The second-order valence-electron chi connectivity index (χ2n) is 14.4. The fourth-order valence-corrected chi connectivity index (χ4v) is 6.56. The quantitative estimate of drug-likeness (QED) is 0.126. The van der Waals surface area contributed by atoms with Gasteiger partial charge in [-0.2, -0.15) is 26.3 Å². The molecular weight excluding hydrogens is 868 g/mol. The van der Waals surface area contributed by atoms with Crippen molar-refractivity contribution in [2.45, 2.75) is 32.4 Å². The van der Waals surface area contributed by atoms with E-state index in [4.69, 9.17) is 0 Å². The Hall–Kier alpha value is -6.25. The van der Waals surface area contributed by atoms with Gasteiger partial charge >= 0.3 is 24.1 Å². The monoisotopic (exact) mass is 904 g/mol. The van der Waals surface area contributed by atoms with Crippen molar-refractivity contribution in [2.24, 2.45) is 11.8 Å². The van der Waals surface area contributed by atoms with Crippen molar-refractivity contribution in [3.05, 3.63) is 132 Å². The second kappa shape index (κ2) is 19.4. The Morgan fingerprint density at radius 1 is 0.651 bits per heavy atom. The van der Waals surface area contributed by atoms with Gasteiger partial charge in [-0.15, -0.1) is 32.8 Å². The molecule has 2 aliphatic heterocycles. The molecule has 332 valence electrons. The molecule has 0 radical (unpaired) electrons. The molecule has 2 amide bonds. The van der Waals surface area contributed by atoms with Crippen LogP contribution in [0.3, 0.4) is 0 Å². The third-order valence-electron chi connectivity index (χ3n) is 10.1. The first-order valence-corrected chi connectivity index (χ1v) is 19.1. The van der Waals surface area contributed by atoms with Gasteiger partial charge in [-0.3, -0.25) is 9.59 Å². The minimum Gasteiger partial charge on any atom is -0.413 e. The number of likely N-dealkylation sites (tertiary alicyclic amines) is 1. The Morgan fingerprint density at radius 2 is 1.06 bits per heavy atom. The van der Waals surface area contributed by atoms with Gasteiger partial charge in [-0.1, -0.05) is 55.5 Å². The molecule has 1 N–H and O–H groups in total. The zero-order valence-corrected chi connectivity index (χ0v) is 33.9. The first-order valence-electron chi connectivity index (χ1n) is 19.1. The van der Waals surface area contributed by atoms with E-state index in [1.165, 1.54) is 34.1 Å². The molecule has 0 atom stereocenters. The number of hydrogen-bond acceptors (Lipinski definition) is 10. The smallest absolute Gasteiger partial charge is 0.413 e. The number of carbonyl (C=O) groups is 2. The molecule has 0 saturated carbocycles. The van der Waals surface area contributed by atoms with Gasteiger partial charge in [0.2, 0.25) is 23.6 Å². The summed E-state index contributed by atoms with van der Waals surface area (Å²) in [4.78, 5) is 31.1. The predicted molar refractivity (Wildman–Crippen MR) is 214 cm³/mol. The number of alkyl halides is 6. The minimum atomic E-state index is -4.78. The van der Waals surface area contributed by atoms with Crippen LogP contribution in [0, 0.1) is 23.5 Å². The highest BCUT2D eigenvalue weighted by Crippen LogP contribution is 2.33. The molecule has 0 unspecified atom stereocenters. The second-order valence-corrected chi connectivity index (χ2v) is 14.4. The number of anilines is 2. The van der Waals surface area contributed by atoms with Gasteiger partial charge in [0.25, 0.3) is 0 Å². The summed E-state index contributed by atoms with van der Waals surface area (Å²) in [6.45, 7) is 5.26. The van der Waals surface area contributed by atoms with E-state index in [0.717, 1.165) is 18.7 Å². The maximum absolute atomic E-state index is 14.9. The number of aromatic nitrogens is 4. The highest BCUT2D eigenvalue weighted by atomic mass is 35.5. The lowest BCUT2D eigenvalue weighted by Crippen LogP contribution is -2.54.